The molecule has 0 N–H and O–H groups in total. The molecular weight excluding hydrogens is 118 g/mol. The highest BCUT2D eigenvalue weighted by atomic mass is 16.5. The minimum absolute atomic E-state index is 0.164. The van der Waals surface area contributed by atoms with E-state index in [1.54, 1.807) is 0 Å². The third-order valence-electron chi connectivity index (χ3n) is 0.831. The van der Waals surface area contributed by atoms with Crippen molar-refractivity contribution in [1.29, 1.82) is 0 Å². The number of likely N-dealkylation sites (N-methyl/N-ethyl adjacent to an activating group) is 1. The Labute approximate surface area is 55.8 Å². The van der Waals surface area contributed by atoms with E-state index in [0.717, 1.165) is 0 Å². The molecule has 0 aromatic heterocycles. The average molecular weight is 132 g/mol. The maximum Gasteiger partial charge on any atom is 0.361 e. The van der Waals surface area contributed by atoms with Crippen LogP contribution < -0.4 is 0 Å². The molecule has 0 aliphatic rings. The summed E-state index contributed by atoms with van der Waals surface area (Å²) < 4.78 is 5.09. The van der Waals surface area contributed by atoms with E-state index in [1.165, 1.54) is 7.11 Å². The molecule has 0 aliphatic heterocycles. The van der Waals surface area contributed by atoms with Gasteiger partial charge in [-0.3, -0.25) is 0 Å². The van der Waals surface area contributed by atoms with Crippen molar-refractivity contribution in [2.75, 3.05) is 34.8 Å². The number of methoxy groups -OCH3 is 1. The minimum atomic E-state index is -0.164. The zero-order valence-electron chi connectivity index (χ0n) is 6.47. The molecule has 0 amide bonds. The van der Waals surface area contributed by atoms with Crippen LogP contribution in [0.5, 0.6) is 0 Å². The largest absolute Gasteiger partial charge is 0.465 e. The van der Waals surface area contributed by atoms with Crippen molar-refractivity contribution in [1.82, 2.24) is 0 Å². The maximum absolute atomic E-state index is 10.6. The summed E-state index contributed by atoms with van der Waals surface area (Å²) in [6.45, 7) is 0.427. The standard InChI is InChI=1S/C6H14NO2/c1-7(2,3)5-6(8)9-4/h5H2,1-4H3/q+1. The summed E-state index contributed by atoms with van der Waals surface area (Å²) in [4.78, 5) is 10.6. The number of quaternary nitrogens is 1. The monoisotopic (exact) mass is 132 g/mol. The predicted octanol–water partition coefficient (Wildman–Crippen LogP) is -0.134. The number of nitrogens with zero attached hydrogens (tertiary/aromatic N) is 1. The van der Waals surface area contributed by atoms with E-state index in [9.17, 15) is 4.79 Å². The molecule has 0 radical (unpaired) electrons. The molecule has 0 fully saturated rings. The zero-order valence-corrected chi connectivity index (χ0v) is 6.47. The fourth-order valence-corrected chi connectivity index (χ4v) is 0.452. The van der Waals surface area contributed by atoms with Crippen LogP contribution in [0.4, 0.5) is 0 Å². The molecule has 3 nitrogen and oxygen atoms in total. The first-order valence-corrected chi connectivity index (χ1v) is 2.83. The molecule has 0 saturated heterocycles. The second kappa shape index (κ2) is 2.82. The van der Waals surface area contributed by atoms with Gasteiger partial charge in [0, 0.05) is 0 Å². The number of carbonyl (C=O) groups is 1. The van der Waals surface area contributed by atoms with Crippen molar-refractivity contribution >= 4 is 5.97 Å². The highest BCUT2D eigenvalue weighted by Crippen LogP contribution is 1.89. The van der Waals surface area contributed by atoms with Crippen LogP contribution in [-0.4, -0.2) is 45.2 Å². The molecule has 3 heteroatoms. The summed E-state index contributed by atoms with van der Waals surface area (Å²) in [5.41, 5.74) is 0. The van der Waals surface area contributed by atoms with E-state index in [-0.39, 0.29) is 5.97 Å². The predicted molar refractivity (Wildman–Crippen MR) is 34.9 cm³/mol. The van der Waals surface area contributed by atoms with E-state index in [4.69, 9.17) is 0 Å². The SMILES string of the molecule is COC(=O)C[N+](C)(C)C. The molecule has 0 atom stereocenters. The Bertz CT molecular complexity index is 104. The van der Waals surface area contributed by atoms with Gasteiger partial charge >= 0.3 is 5.97 Å². The quantitative estimate of drug-likeness (QED) is 0.386. The topological polar surface area (TPSA) is 26.3 Å². The number of ether oxygens (including phenoxy) is 1. The summed E-state index contributed by atoms with van der Waals surface area (Å²) in [5, 5.41) is 0. The van der Waals surface area contributed by atoms with Crippen molar-refractivity contribution in [3.63, 3.8) is 0 Å². The summed E-state index contributed by atoms with van der Waals surface area (Å²) >= 11 is 0. The van der Waals surface area contributed by atoms with Gasteiger partial charge < -0.3 is 9.22 Å². The normalized spacial score (nSPS) is 11.1. The summed E-state index contributed by atoms with van der Waals surface area (Å²) in [5.74, 6) is -0.164. The minimum Gasteiger partial charge on any atom is -0.465 e. The van der Waals surface area contributed by atoms with E-state index in [0.29, 0.717) is 11.0 Å². The van der Waals surface area contributed by atoms with E-state index < -0.39 is 0 Å². The van der Waals surface area contributed by atoms with Crippen molar-refractivity contribution < 1.29 is 14.0 Å². The van der Waals surface area contributed by atoms with E-state index in [2.05, 4.69) is 4.74 Å². The van der Waals surface area contributed by atoms with E-state index in [1.807, 2.05) is 21.1 Å². The summed E-state index contributed by atoms with van der Waals surface area (Å²) in [6.07, 6.45) is 0. The molecule has 0 aromatic carbocycles. The van der Waals surface area contributed by atoms with Gasteiger partial charge in [-0.25, -0.2) is 4.79 Å². The highest BCUT2D eigenvalue weighted by molar-refractivity contribution is 5.70. The van der Waals surface area contributed by atoms with Crippen molar-refractivity contribution in [3.8, 4) is 0 Å². The van der Waals surface area contributed by atoms with Gasteiger partial charge in [0.2, 0.25) is 0 Å². The molecule has 0 unspecified atom stereocenters. The molecule has 0 aromatic rings. The third-order valence-corrected chi connectivity index (χ3v) is 0.831. The summed E-state index contributed by atoms with van der Waals surface area (Å²) in [6, 6.07) is 0. The Morgan fingerprint density at radius 1 is 1.44 bits per heavy atom. The number of esters is 1. The van der Waals surface area contributed by atoms with Gasteiger partial charge in [-0.05, 0) is 0 Å². The molecule has 0 rings (SSSR count). The van der Waals surface area contributed by atoms with Crippen LogP contribution in [0.15, 0.2) is 0 Å². The fraction of sp³-hybridized carbons (Fsp3) is 0.833. The first-order chi connectivity index (χ1) is 3.95. The molecule has 0 spiro atoms. The molecule has 0 bridgehead atoms. The van der Waals surface area contributed by atoms with Gasteiger partial charge in [0.1, 0.15) is 0 Å². The lowest BCUT2D eigenvalue weighted by atomic mass is 10.5. The van der Waals surface area contributed by atoms with Gasteiger partial charge in [0.05, 0.1) is 28.3 Å². The van der Waals surface area contributed by atoms with Crippen LogP contribution >= 0.6 is 0 Å². The Kier molecular flexibility index (Phi) is 2.65. The smallest absolute Gasteiger partial charge is 0.361 e. The molecule has 0 heterocycles. The van der Waals surface area contributed by atoms with Crippen LogP contribution in [0.3, 0.4) is 0 Å². The highest BCUT2D eigenvalue weighted by Gasteiger charge is 2.13. The second-order valence-electron chi connectivity index (χ2n) is 3.02. The Morgan fingerprint density at radius 3 is 2.00 bits per heavy atom. The van der Waals surface area contributed by atoms with Gasteiger partial charge in [-0.1, -0.05) is 0 Å². The van der Waals surface area contributed by atoms with Gasteiger partial charge in [-0.15, -0.1) is 0 Å². The number of hydrogen-bond donors (Lipinski definition) is 0. The second-order valence-corrected chi connectivity index (χ2v) is 3.02. The molecule has 9 heavy (non-hydrogen) atoms. The molecule has 0 aliphatic carbocycles. The lowest BCUT2D eigenvalue weighted by Crippen LogP contribution is -2.39. The molecule has 54 valence electrons. The Hall–Kier alpha value is -0.570. The first kappa shape index (κ1) is 8.43. The number of carbonyl (C=O) groups excluding carboxylic acids is 1. The molecule has 0 saturated carbocycles. The van der Waals surface area contributed by atoms with Crippen molar-refractivity contribution in [3.05, 3.63) is 0 Å². The van der Waals surface area contributed by atoms with Crippen molar-refractivity contribution in [2.45, 2.75) is 0 Å². The fourth-order valence-electron chi connectivity index (χ4n) is 0.452. The van der Waals surface area contributed by atoms with Crippen LogP contribution in [0.1, 0.15) is 0 Å². The molecular formula is C6H14NO2+. The number of hydrogen-bond acceptors (Lipinski definition) is 2. The summed E-state index contributed by atoms with van der Waals surface area (Å²) in [7, 11) is 7.22. The third kappa shape index (κ3) is 5.30. The maximum atomic E-state index is 10.6. The average Bonchev–Trinajstić information content (AvgIpc) is 1.62. The Balaban J connectivity index is 3.60. The van der Waals surface area contributed by atoms with Gasteiger partial charge in [0.15, 0.2) is 6.54 Å². The van der Waals surface area contributed by atoms with Crippen LogP contribution in [-0.2, 0) is 9.53 Å². The van der Waals surface area contributed by atoms with Crippen LogP contribution in [0.2, 0.25) is 0 Å². The van der Waals surface area contributed by atoms with E-state index >= 15 is 0 Å². The zero-order chi connectivity index (χ0) is 7.49. The van der Waals surface area contributed by atoms with Crippen LogP contribution in [0, 0.1) is 0 Å². The van der Waals surface area contributed by atoms with Crippen LogP contribution in [0.25, 0.3) is 0 Å². The first-order valence-electron chi connectivity index (χ1n) is 2.83. The van der Waals surface area contributed by atoms with Gasteiger partial charge in [0.25, 0.3) is 0 Å². The number of rotatable bonds is 2. The Morgan fingerprint density at radius 2 is 1.89 bits per heavy atom. The lowest BCUT2D eigenvalue weighted by molar-refractivity contribution is -0.862. The van der Waals surface area contributed by atoms with Crippen molar-refractivity contribution in [2.24, 2.45) is 0 Å². The van der Waals surface area contributed by atoms with Gasteiger partial charge in [-0.2, -0.15) is 0 Å². The lowest BCUT2D eigenvalue weighted by Gasteiger charge is -2.21.